The van der Waals surface area contributed by atoms with Gasteiger partial charge in [-0.15, -0.1) is 6.58 Å². The summed E-state index contributed by atoms with van der Waals surface area (Å²) in [4.78, 5) is 61.5. The Morgan fingerprint density at radius 1 is 1.13 bits per heavy atom. The molecule has 52 heavy (non-hydrogen) atoms. The van der Waals surface area contributed by atoms with Gasteiger partial charge in [0.05, 0.1) is 18.4 Å². The molecule has 4 bridgehead atoms. The van der Waals surface area contributed by atoms with Crippen molar-refractivity contribution < 1.29 is 37.1 Å². The minimum absolute atomic E-state index is 0.0155. The third-order valence-electron chi connectivity index (χ3n) is 11.3. The zero-order chi connectivity index (χ0) is 36.6. The number of nitrogens with one attached hydrogen (secondary N) is 3. The first-order valence-corrected chi connectivity index (χ1v) is 19.9. The number of benzene rings is 1. The highest BCUT2D eigenvalue weighted by Gasteiger charge is 2.48. The first kappa shape index (κ1) is 35.9. The summed E-state index contributed by atoms with van der Waals surface area (Å²) in [6.45, 7) is 5.65. The molecule has 4 amide bonds. The number of cyclic esters (lactones) is 1. The smallest absolute Gasteiger partial charge is 0.407 e. The van der Waals surface area contributed by atoms with E-state index in [4.69, 9.17) is 9.47 Å². The number of alkyl carbamates (subject to hydrolysis) is 1. The van der Waals surface area contributed by atoms with Crippen molar-refractivity contribution in [2.75, 3.05) is 13.2 Å². The summed E-state index contributed by atoms with van der Waals surface area (Å²) < 4.78 is 39.7. The van der Waals surface area contributed by atoms with Gasteiger partial charge in [-0.3, -0.25) is 19.1 Å². The number of nitrogens with zero attached hydrogens (tertiary/aromatic N) is 2. The average Bonchev–Trinajstić information content (AvgIpc) is 4.03. The molecule has 1 spiro atoms. The Hall–Kier alpha value is -4.46. The molecule has 1 saturated heterocycles. The number of amides is 4. The zero-order valence-corrected chi connectivity index (χ0v) is 30.2. The van der Waals surface area contributed by atoms with Crippen molar-refractivity contribution in [3.8, 4) is 5.88 Å². The van der Waals surface area contributed by atoms with E-state index in [0.29, 0.717) is 18.7 Å². The van der Waals surface area contributed by atoms with Crippen molar-refractivity contribution in [3.05, 3.63) is 54.8 Å². The third-order valence-corrected chi connectivity index (χ3v) is 13.1. The van der Waals surface area contributed by atoms with Crippen molar-refractivity contribution in [1.29, 1.82) is 0 Å². The van der Waals surface area contributed by atoms with E-state index in [2.05, 4.69) is 33.0 Å². The van der Waals surface area contributed by atoms with Crippen molar-refractivity contribution in [3.63, 3.8) is 0 Å². The summed E-state index contributed by atoms with van der Waals surface area (Å²) >= 11 is 0. The fourth-order valence-corrected chi connectivity index (χ4v) is 8.97. The molecule has 2 aliphatic heterocycles. The topological polar surface area (TPSA) is 173 Å². The van der Waals surface area contributed by atoms with Gasteiger partial charge in [0, 0.05) is 29.3 Å². The molecule has 13 nitrogen and oxygen atoms in total. The Balaban J connectivity index is 1.21. The van der Waals surface area contributed by atoms with Crippen LogP contribution in [0.4, 0.5) is 4.79 Å². The molecule has 3 aliphatic carbocycles. The number of hydrogen-bond donors (Lipinski definition) is 3. The highest BCUT2D eigenvalue weighted by atomic mass is 32.2. The molecule has 5 aliphatic rings. The predicted molar refractivity (Wildman–Crippen MR) is 193 cm³/mol. The summed E-state index contributed by atoms with van der Waals surface area (Å²) in [5.74, 6) is -2.40. The number of allylic oxidation sites excluding steroid dienone is 1. The molecule has 1 aromatic heterocycles. The Kier molecular flexibility index (Phi) is 10.0. The van der Waals surface area contributed by atoms with Crippen LogP contribution >= 0.6 is 0 Å². The first-order chi connectivity index (χ1) is 24.9. The minimum Gasteiger partial charge on any atom is -0.472 e. The second kappa shape index (κ2) is 14.5. The first-order valence-electron chi connectivity index (χ1n) is 18.4. The second-order valence-electron chi connectivity index (χ2n) is 15.2. The van der Waals surface area contributed by atoms with E-state index in [0.717, 1.165) is 61.3 Å². The lowest BCUT2D eigenvalue weighted by atomic mass is 9.96. The monoisotopic (exact) mass is 733 g/mol. The SMILES string of the molecule is C=C[C@H](C)C(NC(=O)[C@@H]1C[C@@H]2CN1C(=O)[C@H](C1CCCC1)NC(=O)OCC1(C/C=C/c3ccc4ccnc(c4c3)O2)CC1)C(=O)NS(=O)(=O)C1CC1. The normalized spacial score (nSPS) is 26.7. The van der Waals surface area contributed by atoms with E-state index in [9.17, 15) is 27.6 Å². The van der Waals surface area contributed by atoms with Gasteiger partial charge in [0.15, 0.2) is 0 Å². The van der Waals surface area contributed by atoms with Crippen LogP contribution in [-0.4, -0.2) is 84.7 Å². The number of carbonyl (C=O) groups is 4. The Bertz CT molecular complexity index is 1880. The molecular formula is C38H47N5O8S. The molecule has 278 valence electrons. The quantitative estimate of drug-likeness (QED) is 0.340. The Morgan fingerprint density at radius 3 is 2.62 bits per heavy atom. The summed E-state index contributed by atoms with van der Waals surface area (Å²) in [7, 11) is -3.89. The van der Waals surface area contributed by atoms with Gasteiger partial charge in [0.25, 0.3) is 5.91 Å². The molecule has 1 unspecified atom stereocenters. The highest BCUT2D eigenvalue weighted by molar-refractivity contribution is 7.90. The lowest BCUT2D eigenvalue weighted by Gasteiger charge is -2.32. The second-order valence-corrected chi connectivity index (χ2v) is 17.2. The van der Waals surface area contributed by atoms with Crippen LogP contribution in [0.3, 0.4) is 0 Å². The van der Waals surface area contributed by atoms with Crippen LogP contribution in [0.25, 0.3) is 16.8 Å². The average molecular weight is 734 g/mol. The maximum atomic E-state index is 14.6. The maximum Gasteiger partial charge on any atom is 0.407 e. The van der Waals surface area contributed by atoms with Crippen LogP contribution in [0.15, 0.2) is 49.2 Å². The van der Waals surface area contributed by atoms with Crippen LogP contribution < -0.4 is 20.1 Å². The molecule has 1 aromatic carbocycles. The summed E-state index contributed by atoms with van der Waals surface area (Å²) in [5, 5.41) is 6.67. The fraction of sp³-hybridized carbons (Fsp3) is 0.553. The van der Waals surface area contributed by atoms with E-state index in [1.54, 1.807) is 13.1 Å². The Labute approximate surface area is 304 Å². The summed E-state index contributed by atoms with van der Waals surface area (Å²) in [6.07, 6.45) is 12.8. The molecule has 14 heteroatoms. The van der Waals surface area contributed by atoms with Crippen LogP contribution in [0.1, 0.15) is 76.7 Å². The van der Waals surface area contributed by atoms with E-state index in [1.807, 2.05) is 30.3 Å². The fourth-order valence-electron chi connectivity index (χ4n) is 7.64. The van der Waals surface area contributed by atoms with Gasteiger partial charge in [-0.2, -0.15) is 0 Å². The van der Waals surface area contributed by atoms with E-state index < -0.39 is 69.2 Å². The summed E-state index contributed by atoms with van der Waals surface area (Å²) in [5.41, 5.74) is 0.804. The van der Waals surface area contributed by atoms with Gasteiger partial charge >= 0.3 is 6.09 Å². The van der Waals surface area contributed by atoms with Crippen molar-refractivity contribution in [2.24, 2.45) is 17.3 Å². The van der Waals surface area contributed by atoms with Gasteiger partial charge < -0.3 is 25.0 Å². The van der Waals surface area contributed by atoms with Crippen molar-refractivity contribution in [2.45, 2.75) is 101 Å². The Morgan fingerprint density at radius 2 is 1.90 bits per heavy atom. The van der Waals surface area contributed by atoms with E-state index in [1.165, 1.54) is 11.0 Å². The standard InChI is InChI=1S/C38H47N5O8S/c1-3-23(2)31(34(45)42-52(48,49)28-12-13-28)40-33(44)30-20-27-21-43(30)36(46)32(26-8-4-5-9-26)41-37(47)50-22-38(16-17-38)15-6-7-24-10-11-25-14-18-39-35(51-27)29(25)19-24/h3,6-7,10-11,14,18-19,23,26-28,30-32H,1,4-5,8-9,12-13,15-17,20-22H2,2H3,(H,40,44)(H,41,47)(H,42,45)/b7-6+/t23-,27+,30-,31?,32-/m0/s1. The number of carbonyl (C=O) groups excluding carboxylic acids is 4. The molecule has 3 heterocycles. The maximum absolute atomic E-state index is 14.6. The van der Waals surface area contributed by atoms with Gasteiger partial charge in [0.1, 0.15) is 24.2 Å². The summed E-state index contributed by atoms with van der Waals surface area (Å²) in [6, 6.07) is 4.58. The lowest BCUT2D eigenvalue weighted by Crippen LogP contribution is -2.58. The lowest BCUT2D eigenvalue weighted by molar-refractivity contribution is -0.141. The van der Waals surface area contributed by atoms with E-state index in [-0.39, 0.29) is 30.9 Å². The van der Waals surface area contributed by atoms with Gasteiger partial charge in [-0.1, -0.05) is 50.1 Å². The number of pyridine rings is 1. The van der Waals surface area contributed by atoms with E-state index >= 15 is 0 Å². The number of rotatable bonds is 8. The zero-order valence-electron chi connectivity index (χ0n) is 29.4. The van der Waals surface area contributed by atoms with Gasteiger partial charge in [-0.25, -0.2) is 18.2 Å². The minimum atomic E-state index is -3.89. The molecule has 5 atom stereocenters. The third kappa shape index (κ3) is 7.81. The molecule has 7 rings (SSSR count). The predicted octanol–water partition coefficient (Wildman–Crippen LogP) is 3.98. The number of hydrogen-bond acceptors (Lipinski definition) is 9. The molecule has 2 aromatic rings. The number of fused-ring (bicyclic) bond motifs is 3. The van der Waals surface area contributed by atoms with Crippen molar-refractivity contribution in [1.82, 2.24) is 25.2 Å². The molecule has 3 N–H and O–H groups in total. The molecule has 4 fully saturated rings. The van der Waals surface area contributed by atoms with Crippen LogP contribution in [-0.2, 0) is 29.1 Å². The molecule has 0 radical (unpaired) electrons. The van der Waals surface area contributed by atoms with Gasteiger partial charge in [0.2, 0.25) is 27.7 Å². The number of ether oxygens (including phenoxy) is 2. The van der Waals surface area contributed by atoms with Crippen LogP contribution in [0.2, 0.25) is 0 Å². The molecular weight excluding hydrogens is 687 g/mol. The number of sulfonamides is 1. The van der Waals surface area contributed by atoms with Crippen LogP contribution in [0, 0.1) is 17.3 Å². The highest BCUT2D eigenvalue weighted by Crippen LogP contribution is 2.49. The van der Waals surface area contributed by atoms with Crippen molar-refractivity contribution >= 4 is 50.7 Å². The van der Waals surface area contributed by atoms with Gasteiger partial charge in [-0.05, 0) is 73.9 Å². The largest absolute Gasteiger partial charge is 0.472 e. The molecule has 3 saturated carbocycles. The van der Waals surface area contributed by atoms with Crippen LogP contribution in [0.5, 0.6) is 5.88 Å². The number of aromatic nitrogens is 1.